The van der Waals surface area contributed by atoms with Crippen LogP contribution in [0.1, 0.15) is 18.9 Å². The van der Waals surface area contributed by atoms with Crippen molar-refractivity contribution in [1.29, 1.82) is 0 Å². The van der Waals surface area contributed by atoms with Crippen LogP contribution in [-0.2, 0) is 21.2 Å². The van der Waals surface area contributed by atoms with Crippen molar-refractivity contribution in [1.82, 2.24) is 5.32 Å². The number of nitrogens with zero attached hydrogens (tertiary/aromatic N) is 1. The number of para-hydroxylation sites is 1. The molecule has 0 aliphatic carbocycles. The first-order chi connectivity index (χ1) is 13.8. The van der Waals surface area contributed by atoms with Gasteiger partial charge in [0.15, 0.2) is 11.5 Å². The molecule has 1 atom stereocenters. The number of carbonyl (C=O) groups is 1. The largest absolute Gasteiger partial charge is 0.493 e. The second-order valence-electron chi connectivity index (χ2n) is 6.55. The number of carbonyl (C=O) groups excluding carboxylic acids is 1. The standard InChI is InChI=1S/C21H28N2O5S/c1-5-18(23(29(4,25)26)17-9-7-6-8-10-17)21(24)22-14-13-16-11-12-19(27-2)20(15-16)28-3/h6-12,15,18H,5,13-14H2,1-4H3,(H,22,24)/t18-/m0/s1. The molecule has 0 unspecified atom stereocenters. The maximum Gasteiger partial charge on any atom is 0.243 e. The molecule has 0 saturated carbocycles. The van der Waals surface area contributed by atoms with Gasteiger partial charge in [-0.3, -0.25) is 9.10 Å². The zero-order valence-electron chi connectivity index (χ0n) is 17.2. The van der Waals surface area contributed by atoms with Crippen molar-refractivity contribution < 1.29 is 22.7 Å². The summed E-state index contributed by atoms with van der Waals surface area (Å²) in [5.74, 6) is 0.926. The van der Waals surface area contributed by atoms with E-state index in [0.717, 1.165) is 11.8 Å². The van der Waals surface area contributed by atoms with Gasteiger partial charge in [-0.05, 0) is 42.7 Å². The number of methoxy groups -OCH3 is 2. The van der Waals surface area contributed by atoms with Crippen LogP contribution in [0, 0.1) is 0 Å². The van der Waals surface area contributed by atoms with E-state index in [4.69, 9.17) is 9.47 Å². The molecule has 2 rings (SSSR count). The third-order valence-electron chi connectivity index (χ3n) is 4.50. The number of amides is 1. The van der Waals surface area contributed by atoms with Gasteiger partial charge in [-0.15, -0.1) is 0 Å². The smallest absolute Gasteiger partial charge is 0.243 e. The van der Waals surface area contributed by atoms with Gasteiger partial charge >= 0.3 is 0 Å². The van der Waals surface area contributed by atoms with E-state index in [0.29, 0.717) is 36.6 Å². The van der Waals surface area contributed by atoms with Crippen molar-refractivity contribution in [2.24, 2.45) is 0 Å². The van der Waals surface area contributed by atoms with Gasteiger partial charge in [-0.1, -0.05) is 31.2 Å². The molecule has 1 N–H and O–H groups in total. The molecular weight excluding hydrogens is 392 g/mol. The topological polar surface area (TPSA) is 84.9 Å². The summed E-state index contributed by atoms with van der Waals surface area (Å²) < 4.78 is 36.5. The van der Waals surface area contributed by atoms with Crippen LogP contribution < -0.4 is 19.1 Å². The summed E-state index contributed by atoms with van der Waals surface area (Å²) in [5.41, 5.74) is 1.44. The summed E-state index contributed by atoms with van der Waals surface area (Å²) in [6.45, 7) is 2.16. The minimum atomic E-state index is -3.63. The first-order valence-electron chi connectivity index (χ1n) is 9.34. The number of anilines is 1. The van der Waals surface area contributed by atoms with Crippen molar-refractivity contribution >= 4 is 21.6 Å². The van der Waals surface area contributed by atoms with E-state index in [1.165, 1.54) is 4.31 Å². The van der Waals surface area contributed by atoms with Crippen LogP contribution >= 0.6 is 0 Å². The van der Waals surface area contributed by atoms with Crippen molar-refractivity contribution in [3.05, 3.63) is 54.1 Å². The molecule has 0 heterocycles. The molecule has 1 amide bonds. The Morgan fingerprint density at radius 3 is 2.28 bits per heavy atom. The molecule has 0 aromatic heterocycles. The maximum absolute atomic E-state index is 12.8. The minimum absolute atomic E-state index is 0.331. The molecule has 8 heteroatoms. The van der Waals surface area contributed by atoms with Crippen molar-refractivity contribution in [3.8, 4) is 11.5 Å². The first-order valence-corrected chi connectivity index (χ1v) is 11.2. The molecule has 0 aliphatic rings. The van der Waals surface area contributed by atoms with Gasteiger partial charge < -0.3 is 14.8 Å². The summed E-state index contributed by atoms with van der Waals surface area (Å²) in [7, 11) is -0.486. The molecule has 7 nitrogen and oxygen atoms in total. The van der Waals surface area contributed by atoms with Crippen molar-refractivity contribution in [2.75, 3.05) is 31.3 Å². The van der Waals surface area contributed by atoms with Crippen LogP contribution in [-0.4, -0.2) is 47.4 Å². The van der Waals surface area contributed by atoms with Crippen LogP contribution in [0.25, 0.3) is 0 Å². The summed E-state index contributed by atoms with van der Waals surface area (Å²) in [4.78, 5) is 12.8. The average Bonchev–Trinajstić information content (AvgIpc) is 2.71. The first kappa shape index (κ1) is 22.5. The van der Waals surface area contributed by atoms with Crippen molar-refractivity contribution in [2.45, 2.75) is 25.8 Å². The monoisotopic (exact) mass is 420 g/mol. The Morgan fingerprint density at radius 1 is 1.07 bits per heavy atom. The summed E-state index contributed by atoms with van der Waals surface area (Å²) in [6, 6.07) is 13.4. The highest BCUT2D eigenvalue weighted by atomic mass is 32.2. The van der Waals surface area contributed by atoms with E-state index < -0.39 is 16.1 Å². The molecule has 0 fully saturated rings. The van der Waals surface area contributed by atoms with E-state index in [9.17, 15) is 13.2 Å². The lowest BCUT2D eigenvalue weighted by Gasteiger charge is -2.30. The third kappa shape index (κ3) is 5.87. The van der Waals surface area contributed by atoms with Crippen LogP contribution in [0.5, 0.6) is 11.5 Å². The number of benzene rings is 2. The predicted octanol–water partition coefficient (Wildman–Crippen LogP) is 2.61. The molecule has 0 saturated heterocycles. The van der Waals surface area contributed by atoms with Crippen LogP contribution in [0.3, 0.4) is 0 Å². The highest BCUT2D eigenvalue weighted by molar-refractivity contribution is 7.92. The molecule has 0 spiro atoms. The molecule has 0 aliphatic heterocycles. The maximum atomic E-state index is 12.8. The fourth-order valence-electron chi connectivity index (χ4n) is 3.12. The lowest BCUT2D eigenvalue weighted by atomic mass is 10.1. The third-order valence-corrected chi connectivity index (χ3v) is 5.68. The SMILES string of the molecule is CC[C@@H](C(=O)NCCc1ccc(OC)c(OC)c1)N(c1ccccc1)S(C)(=O)=O. The number of rotatable bonds is 10. The Morgan fingerprint density at radius 2 is 1.72 bits per heavy atom. The number of ether oxygens (including phenoxy) is 2. The molecule has 0 radical (unpaired) electrons. The van der Waals surface area contributed by atoms with Crippen molar-refractivity contribution in [3.63, 3.8) is 0 Å². The fourth-order valence-corrected chi connectivity index (χ4v) is 4.33. The zero-order valence-corrected chi connectivity index (χ0v) is 18.0. The predicted molar refractivity (Wildman–Crippen MR) is 114 cm³/mol. The Hall–Kier alpha value is -2.74. The van der Waals surface area contributed by atoms with Gasteiger partial charge in [0.25, 0.3) is 0 Å². The Kier molecular flexibility index (Phi) is 7.90. The van der Waals surface area contributed by atoms with E-state index in [1.54, 1.807) is 51.5 Å². The molecule has 2 aromatic carbocycles. The quantitative estimate of drug-likeness (QED) is 0.639. The molecule has 29 heavy (non-hydrogen) atoms. The van der Waals surface area contributed by atoms with Gasteiger partial charge in [-0.2, -0.15) is 0 Å². The van der Waals surface area contributed by atoms with Gasteiger partial charge in [0.1, 0.15) is 6.04 Å². The summed E-state index contributed by atoms with van der Waals surface area (Å²) in [6.07, 6.45) is 2.04. The lowest BCUT2D eigenvalue weighted by molar-refractivity contribution is -0.122. The lowest BCUT2D eigenvalue weighted by Crippen LogP contribution is -2.49. The zero-order chi connectivity index (χ0) is 21.4. The van der Waals surface area contributed by atoms with E-state index in [2.05, 4.69) is 5.32 Å². The Balaban J connectivity index is 2.09. The van der Waals surface area contributed by atoms with Gasteiger partial charge in [0, 0.05) is 6.54 Å². The number of hydrogen-bond acceptors (Lipinski definition) is 5. The number of sulfonamides is 1. The fraction of sp³-hybridized carbons (Fsp3) is 0.381. The number of nitrogens with one attached hydrogen (secondary N) is 1. The Labute approximate surface area is 172 Å². The summed E-state index contributed by atoms with van der Waals surface area (Å²) >= 11 is 0. The van der Waals surface area contributed by atoms with E-state index in [-0.39, 0.29) is 5.91 Å². The van der Waals surface area contributed by atoms with Gasteiger partial charge in [-0.25, -0.2) is 8.42 Å². The average molecular weight is 421 g/mol. The highest BCUT2D eigenvalue weighted by Crippen LogP contribution is 2.27. The van der Waals surface area contributed by atoms with Crippen LogP contribution in [0.4, 0.5) is 5.69 Å². The normalized spacial score (nSPS) is 12.1. The second kappa shape index (κ2) is 10.2. The Bertz CT molecular complexity index is 916. The molecule has 2 aromatic rings. The van der Waals surface area contributed by atoms with Crippen LogP contribution in [0.15, 0.2) is 48.5 Å². The minimum Gasteiger partial charge on any atom is -0.493 e. The summed E-state index contributed by atoms with van der Waals surface area (Å²) in [5, 5.41) is 2.85. The molecule has 158 valence electrons. The van der Waals surface area contributed by atoms with Gasteiger partial charge in [0.2, 0.25) is 15.9 Å². The van der Waals surface area contributed by atoms with Gasteiger partial charge in [0.05, 0.1) is 26.2 Å². The van der Waals surface area contributed by atoms with E-state index in [1.807, 2.05) is 18.2 Å². The van der Waals surface area contributed by atoms with E-state index >= 15 is 0 Å². The molecule has 0 bridgehead atoms. The molecular formula is C21H28N2O5S. The highest BCUT2D eigenvalue weighted by Gasteiger charge is 2.31. The van der Waals surface area contributed by atoms with Crippen LogP contribution in [0.2, 0.25) is 0 Å². The number of hydrogen-bond donors (Lipinski definition) is 1. The second-order valence-corrected chi connectivity index (χ2v) is 8.41.